The van der Waals surface area contributed by atoms with Crippen molar-refractivity contribution in [3.8, 4) is 0 Å². The number of hydrogen-bond acceptors (Lipinski definition) is 1. The lowest BCUT2D eigenvalue weighted by atomic mass is 9.88. The van der Waals surface area contributed by atoms with Crippen LogP contribution in [0, 0.1) is 0 Å². The van der Waals surface area contributed by atoms with Gasteiger partial charge in [0, 0.05) is 24.1 Å². The van der Waals surface area contributed by atoms with Crippen LogP contribution in [0.5, 0.6) is 0 Å². The third kappa shape index (κ3) is 2.35. The summed E-state index contributed by atoms with van der Waals surface area (Å²) in [6.07, 6.45) is 6.56. The lowest BCUT2D eigenvalue weighted by Crippen LogP contribution is -2.46. The SMILES string of the molecule is CC1=Cc2cc(C(=O)N3CCCC4c5ccccc5C[C@@H]43)ccc2C1. The van der Waals surface area contributed by atoms with Crippen LogP contribution in [0.3, 0.4) is 0 Å². The van der Waals surface area contributed by atoms with Gasteiger partial charge in [-0.2, -0.15) is 0 Å². The monoisotopic (exact) mass is 329 g/mol. The van der Waals surface area contributed by atoms with E-state index in [0.717, 1.165) is 31.4 Å². The summed E-state index contributed by atoms with van der Waals surface area (Å²) < 4.78 is 0. The first-order chi connectivity index (χ1) is 12.2. The molecule has 0 saturated carbocycles. The number of carbonyl (C=O) groups is 1. The predicted molar refractivity (Wildman–Crippen MR) is 101 cm³/mol. The molecule has 2 aromatic rings. The zero-order chi connectivity index (χ0) is 17.0. The lowest BCUT2D eigenvalue weighted by Gasteiger charge is -2.38. The Labute approximate surface area is 149 Å². The van der Waals surface area contributed by atoms with Gasteiger partial charge in [0.2, 0.25) is 0 Å². The minimum Gasteiger partial charge on any atom is -0.335 e. The molecule has 2 nitrogen and oxygen atoms in total. The van der Waals surface area contributed by atoms with E-state index in [4.69, 9.17) is 0 Å². The van der Waals surface area contributed by atoms with E-state index in [1.54, 1.807) is 0 Å². The van der Waals surface area contributed by atoms with Crippen molar-refractivity contribution in [1.29, 1.82) is 0 Å². The Morgan fingerprint density at radius 2 is 2.00 bits per heavy atom. The first-order valence-electron chi connectivity index (χ1n) is 9.39. The molecule has 2 atom stereocenters. The number of rotatable bonds is 1. The van der Waals surface area contributed by atoms with Gasteiger partial charge in [-0.3, -0.25) is 4.79 Å². The summed E-state index contributed by atoms with van der Waals surface area (Å²) in [5.74, 6) is 0.730. The Bertz CT molecular complexity index is 895. The van der Waals surface area contributed by atoms with Crippen LogP contribution >= 0.6 is 0 Å². The molecular formula is C23H23NO. The standard InChI is InChI=1S/C23H23NO/c1-15-11-16-8-9-18(13-19(16)12-15)23(25)24-10-4-7-21-20-6-3-2-5-17(20)14-22(21)24/h2-3,5-6,8-9,12-13,21-22H,4,7,10-11,14H2,1H3/t21?,22-/m0/s1. The quantitative estimate of drug-likeness (QED) is 0.749. The molecule has 1 heterocycles. The highest BCUT2D eigenvalue weighted by molar-refractivity contribution is 5.95. The Morgan fingerprint density at radius 1 is 1.12 bits per heavy atom. The highest BCUT2D eigenvalue weighted by Gasteiger charge is 2.40. The molecule has 1 unspecified atom stereocenters. The van der Waals surface area contributed by atoms with E-state index in [0.29, 0.717) is 12.0 Å². The second-order valence-electron chi connectivity index (χ2n) is 7.80. The lowest BCUT2D eigenvalue weighted by molar-refractivity contribution is 0.0595. The molecule has 2 aliphatic carbocycles. The molecule has 0 N–H and O–H groups in total. The maximum atomic E-state index is 13.3. The van der Waals surface area contributed by atoms with E-state index in [-0.39, 0.29) is 5.91 Å². The fourth-order valence-electron chi connectivity index (χ4n) is 5.04. The number of likely N-dealkylation sites (tertiary alicyclic amines) is 1. The molecule has 1 amide bonds. The molecule has 0 aromatic heterocycles. The van der Waals surface area contributed by atoms with Crippen molar-refractivity contribution in [1.82, 2.24) is 4.90 Å². The van der Waals surface area contributed by atoms with Crippen LogP contribution in [0.25, 0.3) is 6.08 Å². The average Bonchev–Trinajstić information content (AvgIpc) is 3.19. The fourth-order valence-corrected chi connectivity index (χ4v) is 5.04. The minimum absolute atomic E-state index is 0.211. The molecule has 1 saturated heterocycles. The molecule has 126 valence electrons. The smallest absolute Gasteiger partial charge is 0.254 e. The van der Waals surface area contributed by atoms with Crippen LogP contribution in [0.4, 0.5) is 0 Å². The van der Waals surface area contributed by atoms with E-state index in [1.165, 1.54) is 34.2 Å². The van der Waals surface area contributed by atoms with E-state index < -0.39 is 0 Å². The van der Waals surface area contributed by atoms with E-state index in [9.17, 15) is 4.79 Å². The largest absolute Gasteiger partial charge is 0.335 e. The number of allylic oxidation sites excluding steroid dienone is 1. The first-order valence-corrected chi connectivity index (χ1v) is 9.39. The van der Waals surface area contributed by atoms with E-state index in [1.807, 2.05) is 6.07 Å². The summed E-state index contributed by atoms with van der Waals surface area (Å²) in [5, 5.41) is 0. The van der Waals surface area contributed by atoms with Crippen molar-refractivity contribution < 1.29 is 4.79 Å². The molecule has 1 aliphatic heterocycles. The van der Waals surface area contributed by atoms with Gasteiger partial charge >= 0.3 is 0 Å². The van der Waals surface area contributed by atoms with Crippen molar-refractivity contribution in [2.24, 2.45) is 0 Å². The predicted octanol–water partition coefficient (Wildman–Crippen LogP) is 4.59. The van der Waals surface area contributed by atoms with Crippen LogP contribution in [0.1, 0.15) is 58.3 Å². The molecule has 0 spiro atoms. The van der Waals surface area contributed by atoms with Gasteiger partial charge in [-0.05, 0) is 67.0 Å². The second-order valence-corrected chi connectivity index (χ2v) is 7.80. The average molecular weight is 329 g/mol. The Balaban J connectivity index is 1.46. The number of hydrogen-bond donors (Lipinski definition) is 0. The number of piperidine rings is 1. The summed E-state index contributed by atoms with van der Waals surface area (Å²) in [7, 11) is 0. The maximum absolute atomic E-state index is 13.3. The summed E-state index contributed by atoms with van der Waals surface area (Å²) in [6, 6.07) is 15.4. The third-order valence-electron chi connectivity index (χ3n) is 6.19. The zero-order valence-corrected chi connectivity index (χ0v) is 14.7. The summed E-state index contributed by atoms with van der Waals surface area (Å²) in [4.78, 5) is 15.4. The van der Waals surface area contributed by atoms with Crippen LogP contribution in [0.15, 0.2) is 48.0 Å². The zero-order valence-electron chi connectivity index (χ0n) is 14.7. The van der Waals surface area contributed by atoms with Crippen LogP contribution < -0.4 is 0 Å². The number of benzene rings is 2. The second kappa shape index (κ2) is 5.59. The molecule has 25 heavy (non-hydrogen) atoms. The summed E-state index contributed by atoms with van der Waals surface area (Å²) in [6.45, 7) is 3.05. The third-order valence-corrected chi connectivity index (χ3v) is 6.19. The van der Waals surface area contributed by atoms with Crippen LogP contribution in [0.2, 0.25) is 0 Å². The topological polar surface area (TPSA) is 20.3 Å². The molecule has 1 fully saturated rings. The molecule has 5 rings (SSSR count). The number of nitrogens with zero attached hydrogens (tertiary/aromatic N) is 1. The van der Waals surface area contributed by atoms with Crippen LogP contribution in [-0.2, 0) is 12.8 Å². The number of amides is 1. The Kier molecular flexibility index (Phi) is 3.34. The van der Waals surface area contributed by atoms with E-state index in [2.05, 4.69) is 54.3 Å². The van der Waals surface area contributed by atoms with Gasteiger partial charge in [-0.25, -0.2) is 0 Å². The number of fused-ring (bicyclic) bond motifs is 4. The Morgan fingerprint density at radius 3 is 2.92 bits per heavy atom. The van der Waals surface area contributed by atoms with Gasteiger partial charge in [-0.1, -0.05) is 42.0 Å². The van der Waals surface area contributed by atoms with Crippen molar-refractivity contribution in [2.45, 2.75) is 44.6 Å². The van der Waals surface area contributed by atoms with Gasteiger partial charge < -0.3 is 4.90 Å². The van der Waals surface area contributed by atoms with Gasteiger partial charge in [0.15, 0.2) is 0 Å². The molecular weight excluding hydrogens is 306 g/mol. The molecule has 0 radical (unpaired) electrons. The van der Waals surface area contributed by atoms with Crippen molar-refractivity contribution in [2.75, 3.05) is 6.54 Å². The molecule has 0 bridgehead atoms. The fraction of sp³-hybridized carbons (Fsp3) is 0.348. The van der Waals surface area contributed by atoms with Gasteiger partial charge in [0.05, 0.1) is 0 Å². The maximum Gasteiger partial charge on any atom is 0.254 e. The number of carbonyl (C=O) groups excluding carboxylic acids is 1. The first kappa shape index (κ1) is 14.9. The van der Waals surface area contributed by atoms with Crippen molar-refractivity contribution >= 4 is 12.0 Å². The Hall–Kier alpha value is -2.35. The highest BCUT2D eigenvalue weighted by Crippen LogP contribution is 2.42. The summed E-state index contributed by atoms with van der Waals surface area (Å²) >= 11 is 0. The minimum atomic E-state index is 0.211. The normalized spacial score (nSPS) is 23.7. The summed E-state index contributed by atoms with van der Waals surface area (Å²) in [5.41, 5.74) is 7.71. The van der Waals surface area contributed by atoms with Crippen LogP contribution in [-0.4, -0.2) is 23.4 Å². The molecule has 2 aromatic carbocycles. The highest BCUT2D eigenvalue weighted by atomic mass is 16.2. The van der Waals surface area contributed by atoms with Crippen molar-refractivity contribution in [3.63, 3.8) is 0 Å². The molecule has 2 heteroatoms. The van der Waals surface area contributed by atoms with E-state index >= 15 is 0 Å². The van der Waals surface area contributed by atoms with Gasteiger partial charge in [0.1, 0.15) is 0 Å². The van der Waals surface area contributed by atoms with Gasteiger partial charge in [-0.15, -0.1) is 0 Å². The van der Waals surface area contributed by atoms with Gasteiger partial charge in [0.25, 0.3) is 5.91 Å². The molecule has 3 aliphatic rings. The van der Waals surface area contributed by atoms with Crippen molar-refractivity contribution in [3.05, 3.63) is 75.9 Å².